The number of hydrogen-bond donors (Lipinski definition) is 1. The van der Waals surface area contributed by atoms with Crippen LogP contribution in [0.5, 0.6) is 5.75 Å². The Morgan fingerprint density at radius 2 is 1.97 bits per heavy atom. The van der Waals surface area contributed by atoms with Gasteiger partial charge in [0.1, 0.15) is 5.75 Å². The number of hydrogen-bond acceptors (Lipinski definition) is 5. The van der Waals surface area contributed by atoms with Gasteiger partial charge in [-0.3, -0.25) is 9.36 Å². The van der Waals surface area contributed by atoms with Crippen LogP contribution in [0.2, 0.25) is 5.02 Å². The van der Waals surface area contributed by atoms with Crippen molar-refractivity contribution in [2.24, 2.45) is 0 Å². The third-order valence-corrected chi connectivity index (χ3v) is 6.90. The lowest BCUT2D eigenvalue weighted by Gasteiger charge is -2.13. The monoisotopic (exact) mass is 496 g/mol. The van der Waals surface area contributed by atoms with Crippen molar-refractivity contribution in [2.75, 3.05) is 18.9 Å². The van der Waals surface area contributed by atoms with Crippen molar-refractivity contribution in [3.05, 3.63) is 65.2 Å². The van der Waals surface area contributed by atoms with Gasteiger partial charge in [-0.15, -0.1) is 10.2 Å². The summed E-state index contributed by atoms with van der Waals surface area (Å²) in [6.07, 6.45) is 8.09. The fourth-order valence-electron chi connectivity index (χ4n) is 3.95. The number of rotatable bonds is 10. The van der Waals surface area contributed by atoms with E-state index in [9.17, 15) is 4.79 Å². The highest BCUT2D eigenvalue weighted by Gasteiger charge is 2.19. The molecule has 2 aromatic carbocycles. The van der Waals surface area contributed by atoms with Crippen LogP contribution in [-0.4, -0.2) is 39.6 Å². The van der Waals surface area contributed by atoms with Crippen molar-refractivity contribution < 1.29 is 9.53 Å². The number of benzene rings is 2. The van der Waals surface area contributed by atoms with E-state index in [1.807, 2.05) is 60.0 Å². The summed E-state index contributed by atoms with van der Waals surface area (Å²) in [5, 5.41) is 13.1. The largest absolute Gasteiger partial charge is 0.494 e. The van der Waals surface area contributed by atoms with Crippen LogP contribution in [-0.2, 0) is 4.79 Å². The lowest BCUT2D eigenvalue weighted by Crippen LogP contribution is -2.26. The highest BCUT2D eigenvalue weighted by molar-refractivity contribution is 7.99. The average molecular weight is 497 g/mol. The number of nitrogens with one attached hydrogen (secondary N) is 1. The van der Waals surface area contributed by atoms with Gasteiger partial charge in [0.2, 0.25) is 5.91 Å². The number of carbonyl (C=O) groups excluding carboxylic acids is 1. The predicted molar refractivity (Wildman–Crippen MR) is 138 cm³/mol. The molecule has 1 N–H and O–H groups in total. The van der Waals surface area contributed by atoms with Crippen molar-refractivity contribution in [1.29, 1.82) is 0 Å². The van der Waals surface area contributed by atoms with Crippen LogP contribution in [0.4, 0.5) is 0 Å². The van der Waals surface area contributed by atoms with Crippen LogP contribution in [0, 0.1) is 0 Å². The molecule has 0 spiro atoms. The Balaban J connectivity index is 1.49. The fraction of sp³-hybridized carbons (Fsp3) is 0.346. The van der Waals surface area contributed by atoms with E-state index < -0.39 is 0 Å². The molecule has 0 saturated carbocycles. The van der Waals surface area contributed by atoms with Gasteiger partial charge in [0.05, 0.1) is 17.4 Å². The number of aromatic nitrogens is 3. The molecule has 8 heteroatoms. The van der Waals surface area contributed by atoms with Gasteiger partial charge >= 0.3 is 0 Å². The number of allylic oxidation sites excluding steroid dienone is 1. The summed E-state index contributed by atoms with van der Waals surface area (Å²) < 4.78 is 7.51. The summed E-state index contributed by atoms with van der Waals surface area (Å²) in [6.45, 7) is 3.22. The van der Waals surface area contributed by atoms with Crippen LogP contribution in [0.3, 0.4) is 0 Å². The van der Waals surface area contributed by atoms with E-state index in [0.29, 0.717) is 29.2 Å². The van der Waals surface area contributed by atoms with E-state index in [1.54, 1.807) is 0 Å². The van der Waals surface area contributed by atoms with Gasteiger partial charge in [-0.2, -0.15) is 0 Å². The summed E-state index contributed by atoms with van der Waals surface area (Å²) in [6, 6.07) is 15.3. The summed E-state index contributed by atoms with van der Waals surface area (Å²) >= 11 is 7.83. The van der Waals surface area contributed by atoms with Crippen molar-refractivity contribution in [2.45, 2.75) is 44.2 Å². The Hall–Kier alpha value is -2.77. The number of nitrogens with zero attached hydrogens (tertiary/aromatic N) is 3. The number of ether oxygens (including phenoxy) is 1. The number of carbonyl (C=O) groups is 1. The van der Waals surface area contributed by atoms with Gasteiger partial charge in [0.25, 0.3) is 0 Å². The SMILES string of the molecule is CCOc1ccc(-n2c(SCC(=O)NCCC3=CCCCC3)nnc2-c2ccccc2Cl)cc1. The molecule has 0 unspecified atom stereocenters. The summed E-state index contributed by atoms with van der Waals surface area (Å²) in [7, 11) is 0. The van der Waals surface area contributed by atoms with Crippen molar-refractivity contribution in [3.63, 3.8) is 0 Å². The van der Waals surface area contributed by atoms with Gasteiger partial charge in [0, 0.05) is 17.8 Å². The zero-order valence-corrected chi connectivity index (χ0v) is 20.9. The Morgan fingerprint density at radius 1 is 1.15 bits per heavy atom. The zero-order chi connectivity index (χ0) is 23.8. The predicted octanol–water partition coefficient (Wildman–Crippen LogP) is 6.09. The van der Waals surface area contributed by atoms with Gasteiger partial charge in [-0.05, 0) is 75.4 Å². The van der Waals surface area contributed by atoms with E-state index in [4.69, 9.17) is 16.3 Å². The van der Waals surface area contributed by atoms with Gasteiger partial charge < -0.3 is 10.1 Å². The second kappa shape index (κ2) is 12.1. The first-order chi connectivity index (χ1) is 16.7. The molecular formula is C26H29ClN4O2S. The van der Waals surface area contributed by atoms with E-state index in [2.05, 4.69) is 21.6 Å². The molecule has 6 nitrogen and oxygen atoms in total. The molecular weight excluding hydrogens is 468 g/mol. The molecule has 1 heterocycles. The van der Waals surface area contributed by atoms with Crippen LogP contribution >= 0.6 is 23.4 Å². The molecule has 4 rings (SSSR count). The molecule has 0 saturated heterocycles. The number of amides is 1. The third-order valence-electron chi connectivity index (χ3n) is 5.64. The first-order valence-electron chi connectivity index (χ1n) is 11.7. The molecule has 0 aliphatic heterocycles. The minimum Gasteiger partial charge on any atom is -0.494 e. The van der Waals surface area contributed by atoms with Gasteiger partial charge in [-0.25, -0.2) is 0 Å². The molecule has 0 atom stereocenters. The second-order valence-corrected chi connectivity index (χ2v) is 9.39. The summed E-state index contributed by atoms with van der Waals surface area (Å²) in [4.78, 5) is 12.5. The standard InChI is InChI=1S/C26H29ClN4O2S/c1-2-33-21-14-12-20(13-15-21)31-25(22-10-6-7-11-23(22)27)29-30-26(31)34-18-24(32)28-17-16-19-8-4-3-5-9-19/h6-8,10-15H,2-5,9,16-18H2,1H3,(H,28,32). The normalized spacial score (nSPS) is 13.4. The highest BCUT2D eigenvalue weighted by Crippen LogP contribution is 2.32. The lowest BCUT2D eigenvalue weighted by molar-refractivity contribution is -0.118. The highest BCUT2D eigenvalue weighted by atomic mass is 35.5. The van der Waals surface area contributed by atoms with Crippen molar-refractivity contribution in [1.82, 2.24) is 20.1 Å². The minimum atomic E-state index is -0.0121. The van der Waals surface area contributed by atoms with E-state index in [0.717, 1.165) is 36.3 Å². The maximum atomic E-state index is 12.5. The average Bonchev–Trinajstić information content (AvgIpc) is 3.28. The zero-order valence-electron chi connectivity index (χ0n) is 19.3. The molecule has 3 aromatic rings. The second-order valence-electron chi connectivity index (χ2n) is 8.05. The van der Waals surface area contributed by atoms with Crippen LogP contribution in [0.15, 0.2) is 65.3 Å². The fourth-order valence-corrected chi connectivity index (χ4v) is 4.95. The minimum absolute atomic E-state index is 0.0121. The van der Waals surface area contributed by atoms with Crippen molar-refractivity contribution in [3.8, 4) is 22.8 Å². The first kappa shape index (κ1) is 24.4. The quantitative estimate of drug-likeness (QED) is 0.272. The lowest BCUT2D eigenvalue weighted by atomic mass is 9.97. The maximum Gasteiger partial charge on any atom is 0.230 e. The topological polar surface area (TPSA) is 69.0 Å². The van der Waals surface area contributed by atoms with E-state index in [1.165, 1.54) is 30.2 Å². The van der Waals surface area contributed by atoms with Crippen molar-refractivity contribution >= 4 is 29.3 Å². The van der Waals surface area contributed by atoms with Gasteiger partial charge in [-0.1, -0.05) is 47.1 Å². The number of halogens is 1. The molecule has 0 radical (unpaired) electrons. The Labute approximate surface area is 209 Å². The van der Waals surface area contributed by atoms with Crippen LogP contribution in [0.1, 0.15) is 39.0 Å². The Kier molecular flexibility index (Phi) is 8.66. The van der Waals surface area contributed by atoms with Crippen LogP contribution in [0.25, 0.3) is 17.1 Å². The summed E-state index contributed by atoms with van der Waals surface area (Å²) in [5.74, 6) is 1.67. The van der Waals surface area contributed by atoms with E-state index in [-0.39, 0.29) is 11.7 Å². The Bertz CT molecular complexity index is 1140. The van der Waals surface area contributed by atoms with Crippen LogP contribution < -0.4 is 10.1 Å². The molecule has 0 fully saturated rings. The molecule has 34 heavy (non-hydrogen) atoms. The van der Waals surface area contributed by atoms with E-state index >= 15 is 0 Å². The first-order valence-corrected chi connectivity index (χ1v) is 13.0. The van der Waals surface area contributed by atoms with Gasteiger partial charge in [0.15, 0.2) is 11.0 Å². The molecule has 1 amide bonds. The maximum absolute atomic E-state index is 12.5. The molecule has 178 valence electrons. The summed E-state index contributed by atoms with van der Waals surface area (Å²) in [5.41, 5.74) is 3.11. The molecule has 1 aliphatic rings. The molecule has 1 aromatic heterocycles. The molecule has 1 aliphatic carbocycles. The number of thioether (sulfide) groups is 1. The molecule has 0 bridgehead atoms. The Morgan fingerprint density at radius 3 is 2.71 bits per heavy atom. The smallest absolute Gasteiger partial charge is 0.230 e. The third kappa shape index (κ3) is 6.21.